The van der Waals surface area contributed by atoms with Crippen molar-refractivity contribution in [3.63, 3.8) is 0 Å². The first-order valence-corrected chi connectivity index (χ1v) is 49.1. The zero-order valence-corrected chi connectivity index (χ0v) is 98.9. The van der Waals surface area contributed by atoms with E-state index < -0.39 is 8.07 Å². The standard InChI is InChI=1S/C20H22NSi.2C19H18N.C18H16N.C16H12N.C11H8N.4C5H8O2.5Ir/c1-14-10-15(2)12-17(11-14)20-8-6-16-13-18(22(3,4)5)7-9-19(16)21-20;1-12-7-13(2)10-16(9-12)18-6-5-17-15(4)8-14(3)11-19(17)20-18;1-12-5-6-17-15(4)11-18(20-19(17)10-12)16-8-13(2)7-14(3)9-16;1-12-8-13(2)10-16(9-12)18-14(3)17-7-5-4-6-15(17)11-19-18;1-12-5-4-8-14(9-12)16-10-13-6-2-3-7-15(13)11-17-16;1-2-6-10(7-3-1)11-8-4-5-9-12-11;4*1-4(6)3-5(2)7;;;;;/h6-11,13H,1-5H3;5-9,11H,1-4H3;5-8,10-11H,1-4H3;4-9,11H,1-3H3;2-8,10-11H,1H3;1-6,8-9H;4*3,6H,1-2H3;;;;;/q6*-1;;;;;;;;;. The van der Waals surface area contributed by atoms with Crippen LogP contribution < -0.4 is 5.19 Å². The average Bonchev–Trinajstić information content (AvgIpc) is 0.806. The summed E-state index contributed by atoms with van der Waals surface area (Å²) in [5.41, 5.74) is 32.6. The fourth-order valence-corrected chi connectivity index (χ4v) is 16.2. The Morgan fingerprint density at radius 1 is 0.287 bits per heavy atom. The van der Waals surface area contributed by atoms with Gasteiger partial charge in [-0.3, -0.25) is 34.1 Å². The van der Waals surface area contributed by atoms with Crippen LogP contribution in [0.15, 0.2) is 309 Å². The molecule has 11 aromatic carbocycles. The molecule has 0 bridgehead atoms. The fraction of sp³-hybridized carbons (Fsp3) is 0.203. The molecule has 0 saturated carbocycles. The first-order valence-electron chi connectivity index (χ1n) is 45.6. The van der Waals surface area contributed by atoms with Gasteiger partial charge >= 0.3 is 0 Å². The number of hydrogen-bond acceptors (Lipinski definition) is 14. The molecule has 0 aliphatic rings. The number of nitrogens with zero attached hydrogens (tertiary/aromatic N) is 6. The number of hydrogen-bond donors (Lipinski definition) is 4. The molecule has 0 amide bonds. The van der Waals surface area contributed by atoms with Gasteiger partial charge in [-0.2, -0.15) is 0 Å². The normalized spacial score (nSPS) is 10.7. The molecule has 0 aliphatic carbocycles. The van der Waals surface area contributed by atoms with Crippen LogP contribution in [0.1, 0.15) is 133 Å². The number of ketones is 4. The number of aryl methyl sites for hydroxylation is 14. The van der Waals surface area contributed by atoms with Crippen LogP contribution in [0.4, 0.5) is 0 Å². The van der Waals surface area contributed by atoms with Crippen molar-refractivity contribution in [1.82, 2.24) is 29.9 Å². The summed E-state index contributed by atoms with van der Waals surface area (Å²) in [6.45, 7) is 48.0. The molecule has 0 fully saturated rings. The smallest absolute Gasteiger partial charge is 0.155 e. The minimum Gasteiger partial charge on any atom is -0.512 e. The number of carbonyl (C=O) groups is 4. The Labute approximate surface area is 914 Å². The van der Waals surface area contributed by atoms with Crippen molar-refractivity contribution >= 4 is 90.6 Å². The van der Waals surface area contributed by atoms with Gasteiger partial charge in [0.25, 0.3) is 0 Å². The van der Waals surface area contributed by atoms with Gasteiger partial charge in [0.2, 0.25) is 0 Å². The molecule has 0 saturated heterocycles. The van der Waals surface area contributed by atoms with E-state index in [1.807, 2.05) is 98.2 Å². The summed E-state index contributed by atoms with van der Waals surface area (Å²) in [7, 11) is -1.28. The first kappa shape index (κ1) is 125. The second-order valence-corrected chi connectivity index (χ2v) is 40.7. The topological polar surface area (TPSA) is 227 Å². The summed E-state index contributed by atoms with van der Waals surface area (Å²) in [5.74, 6) is -0.250. The minimum atomic E-state index is -1.28. The number of allylic oxidation sites excluding steroid dienone is 8. The van der Waals surface area contributed by atoms with Crippen molar-refractivity contribution < 1.29 is 140 Å². The van der Waals surface area contributed by atoms with Crippen molar-refractivity contribution in [3.8, 4) is 67.5 Å². The van der Waals surface area contributed by atoms with Crippen molar-refractivity contribution in [2.24, 2.45) is 0 Å². The quantitative estimate of drug-likeness (QED) is 0.0409. The van der Waals surface area contributed by atoms with Crippen molar-refractivity contribution in [1.29, 1.82) is 0 Å². The molecule has 17 aromatic rings. The third kappa shape index (κ3) is 42.4. The van der Waals surface area contributed by atoms with Crippen molar-refractivity contribution in [2.45, 2.75) is 172 Å². The monoisotopic (exact) mass is 2810 g/mol. The van der Waals surface area contributed by atoms with Crippen LogP contribution in [0.5, 0.6) is 0 Å². The Bertz CT molecular complexity index is 7040. The van der Waals surface area contributed by atoms with Gasteiger partial charge in [0.05, 0.1) is 47.7 Å². The Hall–Kier alpha value is -12.1. The zero-order chi connectivity index (χ0) is 101. The molecule has 17 rings (SSSR count). The summed E-state index contributed by atoms with van der Waals surface area (Å²) in [4.78, 5) is 67.9. The molecular weight excluding hydrogens is 2680 g/mol. The van der Waals surface area contributed by atoms with E-state index in [0.717, 1.165) is 112 Å². The number of benzene rings is 11. The van der Waals surface area contributed by atoms with Gasteiger partial charge in [-0.25, -0.2) is 0 Å². The predicted octanol–water partition coefficient (Wildman–Crippen LogP) is 30.1. The number of aliphatic hydroxyl groups is 4. The third-order valence-corrected chi connectivity index (χ3v) is 22.8. The van der Waals surface area contributed by atoms with Gasteiger partial charge in [0.1, 0.15) is 0 Å². The van der Waals surface area contributed by atoms with Crippen LogP contribution >= 0.6 is 0 Å². The van der Waals surface area contributed by atoms with E-state index in [2.05, 4.69) is 325 Å². The van der Waals surface area contributed by atoms with Gasteiger partial charge in [-0.1, -0.05) is 220 Å². The average molecular weight is 2810 g/mol. The molecule has 6 aromatic heterocycles. The number of aliphatic hydroxyl groups excluding tert-OH is 4. The summed E-state index contributed by atoms with van der Waals surface area (Å²) >= 11 is 0. The Morgan fingerprint density at radius 3 is 1.17 bits per heavy atom. The van der Waals surface area contributed by atoms with Crippen LogP contribution in [-0.4, -0.2) is 81.5 Å². The molecule has 5 radical (unpaired) electrons. The molecule has 4 N–H and O–H groups in total. The predicted molar refractivity (Wildman–Crippen MR) is 576 cm³/mol. The summed E-state index contributed by atoms with van der Waals surface area (Å²) < 4.78 is 0. The van der Waals surface area contributed by atoms with Gasteiger partial charge in [-0.05, 0) is 198 Å². The van der Waals surface area contributed by atoms with Gasteiger partial charge in [-0.15, -0.1) is 211 Å². The van der Waals surface area contributed by atoms with Gasteiger partial charge in [0.15, 0.2) is 23.1 Å². The number of rotatable bonds is 11. The molecule has 751 valence electrons. The van der Waals surface area contributed by atoms with Crippen LogP contribution in [0.2, 0.25) is 19.6 Å². The molecular formula is C123H126Ir5N6O8Si-6. The van der Waals surface area contributed by atoms with Crippen LogP contribution in [0.3, 0.4) is 0 Å². The van der Waals surface area contributed by atoms with Crippen molar-refractivity contribution in [2.75, 3.05) is 0 Å². The third-order valence-electron chi connectivity index (χ3n) is 20.8. The first-order chi connectivity index (χ1) is 65.3. The van der Waals surface area contributed by atoms with E-state index >= 15 is 0 Å². The fourth-order valence-electron chi connectivity index (χ4n) is 15.1. The van der Waals surface area contributed by atoms with E-state index in [4.69, 9.17) is 35.4 Å². The molecule has 0 atom stereocenters. The Morgan fingerprint density at radius 2 is 0.699 bits per heavy atom. The van der Waals surface area contributed by atoms with Crippen LogP contribution in [0, 0.1) is 133 Å². The number of pyridine rings is 6. The summed E-state index contributed by atoms with van der Waals surface area (Å²) in [6.07, 6.45) is 10.3. The Kier molecular flexibility index (Phi) is 53.5. The second kappa shape index (κ2) is 61.1. The minimum absolute atomic E-state index is 0. The molecule has 0 spiro atoms. The Balaban J connectivity index is 0.000000418. The van der Waals surface area contributed by atoms with E-state index in [1.54, 1.807) is 6.20 Å². The zero-order valence-electron chi connectivity index (χ0n) is 85.9. The van der Waals surface area contributed by atoms with Crippen LogP contribution in [-0.2, 0) is 120 Å². The van der Waals surface area contributed by atoms with Gasteiger partial charge < -0.3 is 35.4 Å². The maximum absolute atomic E-state index is 10.0. The summed E-state index contributed by atoms with van der Waals surface area (Å²) in [5, 5.41) is 43.4. The van der Waals surface area contributed by atoms with E-state index in [9.17, 15) is 19.2 Å². The number of carbonyl (C=O) groups excluding carboxylic acids is 4. The molecule has 14 nitrogen and oxygen atoms in total. The molecule has 143 heavy (non-hydrogen) atoms. The largest absolute Gasteiger partial charge is 0.512 e. The van der Waals surface area contributed by atoms with E-state index in [1.165, 1.54) is 173 Å². The maximum Gasteiger partial charge on any atom is 0.155 e. The van der Waals surface area contributed by atoms with E-state index in [0.29, 0.717) is 0 Å². The van der Waals surface area contributed by atoms with Crippen LogP contribution in [0.25, 0.3) is 122 Å². The maximum atomic E-state index is 10.0. The molecule has 0 aliphatic heterocycles. The summed E-state index contributed by atoms with van der Waals surface area (Å²) in [6, 6.07) is 104. The SMILES string of the molecule is CC(=O)C=C(C)O.CC(=O)C=C(C)O.CC(=O)C=C(C)O.CC(=O)C=C(C)O.Cc1[c-]c(-c2cc(C)c3ccc(C)cc3n2)cc(C)c1.Cc1[c-]c(-c2cc3ccccc3cn2)ccc1.Cc1[c-]c(-c2ccc3c(C)cc(C)cc3n2)cc(C)c1.Cc1[c-]c(-c2ccc3cc([Si](C)(C)C)ccc3n2)cc(C)c1.Cc1[c-]c(-c2ncc3ccccc3c2C)cc(C)c1.[Ir].[Ir].[Ir].[Ir].[Ir].[c-]1ccccc1-c1ccccn1. The van der Waals surface area contributed by atoms with E-state index in [-0.39, 0.29) is 147 Å². The second-order valence-electron chi connectivity index (χ2n) is 35.6. The van der Waals surface area contributed by atoms with Crippen molar-refractivity contribution in [3.05, 3.63) is 423 Å². The number of fused-ring (bicyclic) bond motifs is 5. The molecule has 20 heteroatoms. The van der Waals surface area contributed by atoms with Gasteiger partial charge in [0, 0.05) is 154 Å². The number of aromatic nitrogens is 6. The molecule has 6 heterocycles. The molecule has 0 unspecified atom stereocenters.